The third-order valence-corrected chi connectivity index (χ3v) is 6.87. The molecule has 0 bridgehead atoms. The molecule has 0 N–H and O–H groups in total. The minimum Gasteiger partial charge on any atom is -0.256 e. The molecule has 2 heteroatoms. The fraction of sp³-hybridized carbons (Fsp3) is 0. The molecule has 1 heterocycles. The number of hydrogen-bond donors (Lipinski definition) is 0. The van der Waals surface area contributed by atoms with Crippen molar-refractivity contribution in [3.63, 3.8) is 0 Å². The van der Waals surface area contributed by atoms with E-state index in [0.29, 0.717) is 0 Å². The van der Waals surface area contributed by atoms with Gasteiger partial charge in [-0.25, -0.2) is 0 Å². The molecule has 0 spiro atoms. The Morgan fingerprint density at radius 2 is 1.26 bits per heavy atom. The number of pyridine rings is 1. The lowest BCUT2D eigenvalue weighted by atomic mass is 9.95. The van der Waals surface area contributed by atoms with E-state index < -0.39 is 0 Å². The van der Waals surface area contributed by atoms with E-state index >= 15 is 0 Å². The summed E-state index contributed by atoms with van der Waals surface area (Å²) in [5, 5.41) is 6.23. The highest BCUT2D eigenvalue weighted by atomic mass is 32.2. The summed E-state index contributed by atoms with van der Waals surface area (Å²) in [6.45, 7) is 0. The van der Waals surface area contributed by atoms with Crippen LogP contribution < -0.4 is 0 Å². The van der Waals surface area contributed by atoms with E-state index in [0.717, 1.165) is 5.52 Å². The van der Waals surface area contributed by atoms with Crippen LogP contribution in [-0.2, 0) is 0 Å². The van der Waals surface area contributed by atoms with Crippen molar-refractivity contribution in [3.8, 4) is 11.1 Å². The lowest BCUT2D eigenvalue weighted by Gasteiger charge is -2.16. The quantitative estimate of drug-likeness (QED) is 0.270. The van der Waals surface area contributed by atoms with Crippen molar-refractivity contribution in [2.45, 2.75) is 9.79 Å². The fourth-order valence-corrected chi connectivity index (χ4v) is 5.44. The number of hydrogen-bond acceptors (Lipinski definition) is 2. The molecule has 0 amide bonds. The summed E-state index contributed by atoms with van der Waals surface area (Å²) >= 11 is 1.83. The Morgan fingerprint density at radius 3 is 2.13 bits per heavy atom. The molecule has 6 aromatic rings. The average molecular weight is 414 g/mol. The van der Waals surface area contributed by atoms with Crippen LogP contribution in [0.4, 0.5) is 0 Å². The van der Waals surface area contributed by atoms with Gasteiger partial charge in [0, 0.05) is 26.9 Å². The zero-order valence-corrected chi connectivity index (χ0v) is 17.6. The summed E-state index contributed by atoms with van der Waals surface area (Å²) in [6.07, 6.45) is 1.90. The average Bonchev–Trinajstić information content (AvgIpc) is 2.84. The maximum atomic E-state index is 4.85. The molecule has 0 aliphatic rings. The van der Waals surface area contributed by atoms with Crippen LogP contribution >= 0.6 is 11.8 Å². The second-order valence-electron chi connectivity index (χ2n) is 7.63. The molecule has 0 unspecified atom stereocenters. The third kappa shape index (κ3) is 3.17. The van der Waals surface area contributed by atoms with Crippen LogP contribution in [-0.4, -0.2) is 4.98 Å². The molecular weight excluding hydrogens is 394 g/mol. The Kier molecular flexibility index (Phi) is 4.44. The summed E-state index contributed by atoms with van der Waals surface area (Å²) in [4.78, 5) is 7.34. The van der Waals surface area contributed by atoms with Crippen molar-refractivity contribution in [1.29, 1.82) is 0 Å². The molecule has 0 aliphatic carbocycles. The summed E-state index contributed by atoms with van der Waals surface area (Å²) in [5.74, 6) is 0. The first kappa shape index (κ1) is 18.2. The summed E-state index contributed by atoms with van der Waals surface area (Å²) in [5.41, 5.74) is 3.45. The van der Waals surface area contributed by atoms with E-state index in [1.807, 2.05) is 24.0 Å². The highest BCUT2D eigenvalue weighted by Gasteiger charge is 2.16. The van der Waals surface area contributed by atoms with Gasteiger partial charge in [-0.05, 0) is 45.3 Å². The minimum absolute atomic E-state index is 1.05. The second-order valence-corrected chi connectivity index (χ2v) is 8.71. The lowest BCUT2D eigenvalue weighted by molar-refractivity contribution is 1.40. The minimum atomic E-state index is 1.05. The predicted octanol–water partition coefficient (Wildman–Crippen LogP) is 8.36. The highest BCUT2D eigenvalue weighted by molar-refractivity contribution is 7.99. The van der Waals surface area contributed by atoms with Crippen molar-refractivity contribution in [3.05, 3.63) is 115 Å². The molecule has 6 rings (SSSR count). The lowest BCUT2D eigenvalue weighted by Crippen LogP contribution is -1.91. The van der Waals surface area contributed by atoms with Gasteiger partial charge in [0.2, 0.25) is 0 Å². The van der Waals surface area contributed by atoms with Gasteiger partial charge in [-0.2, -0.15) is 0 Å². The van der Waals surface area contributed by atoms with Crippen LogP contribution in [0, 0.1) is 0 Å². The predicted molar refractivity (Wildman–Crippen MR) is 133 cm³/mol. The molecular formula is C29H19NS. The van der Waals surface area contributed by atoms with Gasteiger partial charge in [0.25, 0.3) is 0 Å². The van der Waals surface area contributed by atoms with Gasteiger partial charge in [0.15, 0.2) is 0 Å². The molecule has 0 aliphatic heterocycles. The Morgan fingerprint density at radius 1 is 0.548 bits per heavy atom. The standard InChI is InChI=1S/C29H19NS/c1-2-10-21(11-3-1)27-24-13-6-7-14-25(24)29(26-15-8-18-30-28(26)27)31-23-17-16-20-9-4-5-12-22(20)19-23/h1-19H. The molecule has 0 radical (unpaired) electrons. The van der Waals surface area contributed by atoms with Crippen LogP contribution in [0.5, 0.6) is 0 Å². The second kappa shape index (κ2) is 7.57. The number of aromatic nitrogens is 1. The molecule has 31 heavy (non-hydrogen) atoms. The van der Waals surface area contributed by atoms with E-state index in [1.165, 1.54) is 47.8 Å². The Balaban J connectivity index is 1.64. The topological polar surface area (TPSA) is 12.9 Å². The van der Waals surface area contributed by atoms with Gasteiger partial charge in [-0.1, -0.05) is 103 Å². The Bertz CT molecular complexity index is 1500. The van der Waals surface area contributed by atoms with E-state index in [9.17, 15) is 0 Å². The SMILES string of the molecule is c1ccc(-c2c3ccccc3c(Sc3ccc4ccccc4c3)c3cccnc23)cc1. The molecule has 5 aromatic carbocycles. The van der Waals surface area contributed by atoms with Gasteiger partial charge < -0.3 is 0 Å². The first-order valence-electron chi connectivity index (χ1n) is 10.4. The molecule has 0 atom stereocenters. The van der Waals surface area contributed by atoms with Gasteiger partial charge >= 0.3 is 0 Å². The number of rotatable bonds is 3. The Hall–Kier alpha value is -3.62. The van der Waals surface area contributed by atoms with Gasteiger partial charge in [-0.3, -0.25) is 4.98 Å². The molecule has 0 saturated heterocycles. The summed E-state index contributed by atoms with van der Waals surface area (Å²) in [6, 6.07) is 38.8. The smallest absolute Gasteiger partial charge is 0.0798 e. The third-order valence-electron chi connectivity index (χ3n) is 5.73. The van der Waals surface area contributed by atoms with E-state index in [4.69, 9.17) is 4.98 Å². The van der Waals surface area contributed by atoms with Crippen molar-refractivity contribution in [2.24, 2.45) is 0 Å². The van der Waals surface area contributed by atoms with Gasteiger partial charge in [-0.15, -0.1) is 0 Å². The van der Waals surface area contributed by atoms with Crippen LogP contribution in [0.15, 0.2) is 125 Å². The zero-order valence-electron chi connectivity index (χ0n) is 16.8. The van der Waals surface area contributed by atoms with Crippen LogP contribution in [0.1, 0.15) is 0 Å². The first-order valence-corrected chi connectivity index (χ1v) is 11.2. The van der Waals surface area contributed by atoms with Crippen molar-refractivity contribution in [1.82, 2.24) is 4.98 Å². The maximum absolute atomic E-state index is 4.85. The number of benzene rings is 5. The largest absolute Gasteiger partial charge is 0.256 e. The fourth-order valence-electron chi connectivity index (χ4n) is 4.32. The van der Waals surface area contributed by atoms with Gasteiger partial charge in [0.1, 0.15) is 0 Å². The van der Waals surface area contributed by atoms with Crippen LogP contribution in [0.25, 0.3) is 43.6 Å². The molecule has 0 saturated carbocycles. The zero-order chi connectivity index (χ0) is 20.6. The van der Waals surface area contributed by atoms with Crippen molar-refractivity contribution in [2.75, 3.05) is 0 Å². The normalized spacial score (nSPS) is 11.4. The number of fused-ring (bicyclic) bond motifs is 3. The van der Waals surface area contributed by atoms with Crippen molar-refractivity contribution < 1.29 is 0 Å². The van der Waals surface area contributed by atoms with Crippen LogP contribution in [0.2, 0.25) is 0 Å². The monoisotopic (exact) mass is 413 g/mol. The van der Waals surface area contributed by atoms with E-state index in [1.54, 1.807) is 0 Å². The summed E-state index contributed by atoms with van der Waals surface area (Å²) in [7, 11) is 0. The molecule has 1 aromatic heterocycles. The van der Waals surface area contributed by atoms with Crippen LogP contribution in [0.3, 0.4) is 0 Å². The Labute approximate surface area is 185 Å². The van der Waals surface area contributed by atoms with E-state index in [2.05, 4.69) is 103 Å². The summed E-state index contributed by atoms with van der Waals surface area (Å²) < 4.78 is 0. The number of nitrogens with zero attached hydrogens (tertiary/aromatic N) is 1. The maximum Gasteiger partial charge on any atom is 0.0798 e. The first-order chi connectivity index (χ1) is 15.4. The molecule has 1 nitrogen and oxygen atoms in total. The van der Waals surface area contributed by atoms with Gasteiger partial charge in [0.05, 0.1) is 5.52 Å². The highest BCUT2D eigenvalue weighted by Crippen LogP contribution is 2.44. The molecule has 0 fully saturated rings. The van der Waals surface area contributed by atoms with E-state index in [-0.39, 0.29) is 0 Å². The van der Waals surface area contributed by atoms with Crippen molar-refractivity contribution >= 4 is 44.2 Å². The molecule has 146 valence electrons.